The molecule has 1 N–H and O–H groups in total. The molecule has 3 aromatic carbocycles. The number of carbonyl (C=O) groups excluding carboxylic acids is 2. The van der Waals surface area contributed by atoms with Crippen LogP contribution >= 0.6 is 0 Å². The molecule has 220 valence electrons. The summed E-state index contributed by atoms with van der Waals surface area (Å²) in [7, 11) is -1.37. The molecule has 41 heavy (non-hydrogen) atoms. The fourth-order valence-electron chi connectivity index (χ4n) is 4.29. The molecule has 2 amide bonds. The molecule has 1 atom stereocenters. The van der Waals surface area contributed by atoms with Gasteiger partial charge in [0.1, 0.15) is 12.6 Å². The number of rotatable bonds is 11. The first-order valence-electron chi connectivity index (χ1n) is 13.2. The number of ether oxygens (including phenoxy) is 2. The zero-order chi connectivity index (χ0) is 30.4. The first kappa shape index (κ1) is 31.5. The van der Waals surface area contributed by atoms with E-state index in [0.29, 0.717) is 11.4 Å². The summed E-state index contributed by atoms with van der Waals surface area (Å²) in [5.41, 5.74) is 1.61. The van der Waals surface area contributed by atoms with Crippen molar-refractivity contribution in [3.05, 3.63) is 83.9 Å². The van der Waals surface area contributed by atoms with Crippen LogP contribution in [0.1, 0.15) is 38.8 Å². The quantitative estimate of drug-likeness (QED) is 0.357. The average Bonchev–Trinajstić information content (AvgIpc) is 2.93. The number of para-hydroxylation sites is 1. The van der Waals surface area contributed by atoms with Crippen LogP contribution in [0.4, 0.5) is 5.69 Å². The predicted molar refractivity (Wildman–Crippen MR) is 160 cm³/mol. The number of carbonyl (C=O) groups is 2. The molecule has 0 fully saturated rings. The van der Waals surface area contributed by atoms with Gasteiger partial charge in [0.2, 0.25) is 11.8 Å². The van der Waals surface area contributed by atoms with Crippen LogP contribution in [-0.4, -0.2) is 57.5 Å². The molecule has 0 aromatic heterocycles. The van der Waals surface area contributed by atoms with E-state index in [-0.39, 0.29) is 23.1 Å². The van der Waals surface area contributed by atoms with Gasteiger partial charge in [-0.25, -0.2) is 8.42 Å². The van der Waals surface area contributed by atoms with Gasteiger partial charge in [-0.05, 0) is 64.4 Å². The SMILES string of the molecule is COc1ccc(S(=O)(=O)N(CC(=O)N(Cc2cccc(C)c2)[C@@H](C)C(=O)NC(C)(C)C)c2ccccc2)cc1OC. The van der Waals surface area contributed by atoms with Crippen LogP contribution in [0, 0.1) is 6.92 Å². The average molecular weight is 582 g/mol. The number of anilines is 1. The fraction of sp³-hybridized carbons (Fsp3) is 0.355. The summed E-state index contributed by atoms with van der Waals surface area (Å²) in [5.74, 6) is -0.262. The number of nitrogens with zero attached hydrogens (tertiary/aromatic N) is 2. The molecule has 10 heteroatoms. The maximum atomic E-state index is 14.0. The highest BCUT2D eigenvalue weighted by Gasteiger charge is 2.33. The van der Waals surface area contributed by atoms with E-state index in [2.05, 4.69) is 5.32 Å². The van der Waals surface area contributed by atoms with Gasteiger partial charge in [-0.3, -0.25) is 13.9 Å². The minimum atomic E-state index is -4.24. The van der Waals surface area contributed by atoms with E-state index in [0.717, 1.165) is 15.4 Å². The van der Waals surface area contributed by atoms with Gasteiger partial charge in [0.25, 0.3) is 10.0 Å². The van der Waals surface area contributed by atoms with E-state index in [9.17, 15) is 18.0 Å². The lowest BCUT2D eigenvalue weighted by Gasteiger charge is -2.33. The summed E-state index contributed by atoms with van der Waals surface area (Å²) in [4.78, 5) is 28.6. The maximum Gasteiger partial charge on any atom is 0.264 e. The molecule has 0 aliphatic rings. The highest BCUT2D eigenvalue weighted by Crippen LogP contribution is 2.32. The van der Waals surface area contributed by atoms with Crippen LogP contribution in [0.2, 0.25) is 0 Å². The molecule has 0 heterocycles. The smallest absolute Gasteiger partial charge is 0.264 e. The van der Waals surface area contributed by atoms with Gasteiger partial charge in [-0.2, -0.15) is 0 Å². The van der Waals surface area contributed by atoms with Gasteiger partial charge >= 0.3 is 0 Å². The number of benzene rings is 3. The number of aryl methyl sites for hydroxylation is 1. The lowest BCUT2D eigenvalue weighted by molar-refractivity contribution is -0.140. The van der Waals surface area contributed by atoms with Crippen molar-refractivity contribution < 1.29 is 27.5 Å². The number of methoxy groups -OCH3 is 2. The maximum absolute atomic E-state index is 14.0. The second-order valence-electron chi connectivity index (χ2n) is 10.8. The molecule has 3 rings (SSSR count). The Morgan fingerprint density at radius 1 is 0.902 bits per heavy atom. The molecular formula is C31H39N3O6S. The molecule has 0 radical (unpaired) electrons. The van der Waals surface area contributed by atoms with Gasteiger partial charge in [0.15, 0.2) is 11.5 Å². The zero-order valence-electron chi connectivity index (χ0n) is 24.7. The summed E-state index contributed by atoms with van der Waals surface area (Å²) in [5, 5.41) is 2.93. The Kier molecular flexibility index (Phi) is 10.0. The molecule has 0 bridgehead atoms. The number of amides is 2. The van der Waals surface area contributed by atoms with Crippen molar-refractivity contribution >= 4 is 27.5 Å². The van der Waals surface area contributed by atoms with Gasteiger partial charge in [0, 0.05) is 18.2 Å². The predicted octanol–water partition coefficient (Wildman–Crippen LogP) is 4.54. The van der Waals surface area contributed by atoms with Crippen LogP contribution in [0.3, 0.4) is 0 Å². The Balaban J connectivity index is 2.05. The molecule has 0 spiro atoms. The number of hydrogen-bond donors (Lipinski definition) is 1. The summed E-state index contributed by atoms with van der Waals surface area (Å²) >= 11 is 0. The second-order valence-corrected chi connectivity index (χ2v) is 12.7. The zero-order valence-corrected chi connectivity index (χ0v) is 25.5. The Morgan fingerprint density at radius 3 is 2.15 bits per heavy atom. The largest absolute Gasteiger partial charge is 0.493 e. The van der Waals surface area contributed by atoms with E-state index in [1.807, 2.05) is 52.0 Å². The topological polar surface area (TPSA) is 105 Å². The monoisotopic (exact) mass is 581 g/mol. The van der Waals surface area contributed by atoms with E-state index < -0.39 is 34.1 Å². The first-order chi connectivity index (χ1) is 19.3. The number of nitrogens with one attached hydrogen (secondary N) is 1. The molecule has 3 aromatic rings. The second kappa shape index (κ2) is 13.1. The fourth-order valence-corrected chi connectivity index (χ4v) is 5.72. The van der Waals surface area contributed by atoms with Crippen LogP contribution in [0.25, 0.3) is 0 Å². The van der Waals surface area contributed by atoms with E-state index in [1.54, 1.807) is 37.3 Å². The molecule has 0 saturated heterocycles. The lowest BCUT2D eigenvalue weighted by atomic mass is 10.1. The van der Waals surface area contributed by atoms with Crippen LogP contribution in [-0.2, 0) is 26.2 Å². The normalized spacial score (nSPS) is 12.3. The summed E-state index contributed by atoms with van der Waals surface area (Å²) in [6.45, 7) is 8.76. The summed E-state index contributed by atoms with van der Waals surface area (Å²) < 4.78 is 39.7. The molecule has 9 nitrogen and oxygen atoms in total. The third-order valence-electron chi connectivity index (χ3n) is 6.37. The van der Waals surface area contributed by atoms with Crippen molar-refractivity contribution in [2.24, 2.45) is 0 Å². The molecule has 0 aliphatic carbocycles. The van der Waals surface area contributed by atoms with Crippen molar-refractivity contribution in [1.29, 1.82) is 0 Å². The van der Waals surface area contributed by atoms with Crippen LogP contribution < -0.4 is 19.1 Å². The van der Waals surface area contributed by atoms with Gasteiger partial charge in [-0.15, -0.1) is 0 Å². The minimum Gasteiger partial charge on any atom is -0.493 e. The lowest BCUT2D eigenvalue weighted by Crippen LogP contribution is -2.54. The van der Waals surface area contributed by atoms with Gasteiger partial charge in [0.05, 0.1) is 24.8 Å². The van der Waals surface area contributed by atoms with Crippen molar-refractivity contribution in [3.63, 3.8) is 0 Å². The van der Waals surface area contributed by atoms with Crippen molar-refractivity contribution in [2.45, 2.75) is 57.6 Å². The molecule has 0 unspecified atom stereocenters. The highest BCUT2D eigenvalue weighted by molar-refractivity contribution is 7.92. The Labute approximate surface area is 243 Å². The molecule has 0 saturated carbocycles. The summed E-state index contributed by atoms with van der Waals surface area (Å²) in [6, 6.07) is 19.4. The minimum absolute atomic E-state index is 0.0736. The summed E-state index contributed by atoms with van der Waals surface area (Å²) in [6.07, 6.45) is 0. The van der Waals surface area contributed by atoms with E-state index in [1.165, 1.54) is 37.3 Å². The third kappa shape index (κ3) is 8.00. The molecule has 0 aliphatic heterocycles. The van der Waals surface area contributed by atoms with Crippen molar-refractivity contribution in [3.8, 4) is 11.5 Å². The first-order valence-corrected chi connectivity index (χ1v) is 14.7. The van der Waals surface area contributed by atoms with Crippen molar-refractivity contribution in [2.75, 3.05) is 25.1 Å². The van der Waals surface area contributed by atoms with Gasteiger partial charge in [-0.1, -0.05) is 48.0 Å². The highest BCUT2D eigenvalue weighted by atomic mass is 32.2. The van der Waals surface area contributed by atoms with E-state index >= 15 is 0 Å². The number of sulfonamides is 1. The Morgan fingerprint density at radius 2 is 1.56 bits per heavy atom. The standard InChI is InChI=1S/C31H39N3O6S/c1-22-12-11-13-24(18-22)20-33(23(2)30(36)32-31(3,4)5)29(35)21-34(25-14-9-8-10-15-25)41(37,38)26-16-17-27(39-6)28(19-26)40-7/h8-19,23H,20-21H2,1-7H3,(H,32,36)/t23-/m0/s1. The van der Waals surface area contributed by atoms with Crippen LogP contribution in [0.5, 0.6) is 11.5 Å². The Bertz CT molecular complexity index is 1470. The van der Waals surface area contributed by atoms with Crippen LogP contribution in [0.15, 0.2) is 77.7 Å². The number of hydrogen-bond acceptors (Lipinski definition) is 6. The van der Waals surface area contributed by atoms with E-state index in [4.69, 9.17) is 9.47 Å². The third-order valence-corrected chi connectivity index (χ3v) is 8.14. The van der Waals surface area contributed by atoms with Gasteiger partial charge < -0.3 is 19.7 Å². The molecular weight excluding hydrogens is 542 g/mol. The van der Waals surface area contributed by atoms with Crippen molar-refractivity contribution in [1.82, 2.24) is 10.2 Å². The Hall–Kier alpha value is -4.05.